The molecule has 2 aromatic rings. The number of rotatable bonds is 7. The van der Waals surface area contributed by atoms with Crippen molar-refractivity contribution in [3.63, 3.8) is 0 Å². The molecule has 2 aromatic carbocycles. The molecule has 0 aliphatic heterocycles. The Bertz CT molecular complexity index is 853. The minimum atomic E-state index is -0.975. The summed E-state index contributed by atoms with van der Waals surface area (Å²) < 4.78 is 10.4. The topological polar surface area (TPSA) is 120 Å². The molecule has 0 aliphatic carbocycles. The maximum absolute atomic E-state index is 11.9. The third-order valence-corrected chi connectivity index (χ3v) is 3.70. The first-order valence-electron chi connectivity index (χ1n) is 7.99. The lowest BCUT2D eigenvalue weighted by molar-refractivity contribution is -0.383. The van der Waals surface area contributed by atoms with E-state index in [9.17, 15) is 19.7 Å². The third kappa shape index (κ3) is 5.18. The lowest BCUT2D eigenvalue weighted by Gasteiger charge is -2.10. The van der Waals surface area contributed by atoms with Crippen LogP contribution in [0.4, 0.5) is 11.4 Å². The Kier molecular flexibility index (Phi) is 6.70. The Labute approximate surface area is 155 Å². The molecule has 142 valence electrons. The maximum atomic E-state index is 11.9. The highest BCUT2D eigenvalue weighted by Gasteiger charge is 2.19. The van der Waals surface area contributed by atoms with Crippen LogP contribution in [0.5, 0.6) is 11.5 Å². The normalized spacial score (nSPS) is 10.0. The number of nitro groups is 1. The molecule has 2 rings (SSSR count). The van der Waals surface area contributed by atoms with E-state index in [0.29, 0.717) is 17.9 Å². The fraction of sp³-hybridized carbons (Fsp3) is 0.222. The number of nitrogens with zero attached hydrogens (tertiary/aromatic N) is 1. The highest BCUT2D eigenvalue weighted by Crippen LogP contribution is 2.27. The van der Waals surface area contributed by atoms with Crippen LogP contribution >= 0.6 is 0 Å². The predicted octanol–water partition coefficient (Wildman–Crippen LogP) is 1.91. The molecule has 2 amide bonds. The molecule has 0 unspecified atom stereocenters. The summed E-state index contributed by atoms with van der Waals surface area (Å²) in [6, 6.07) is 10.9. The van der Waals surface area contributed by atoms with Crippen molar-refractivity contribution < 1.29 is 24.0 Å². The molecule has 2 N–H and O–H groups in total. The number of carbonyl (C=O) groups is 2. The first kappa shape index (κ1) is 19.7. The molecule has 0 aromatic heterocycles. The number of methoxy groups -OCH3 is 2. The van der Waals surface area contributed by atoms with Gasteiger partial charge in [-0.1, -0.05) is 18.2 Å². The summed E-state index contributed by atoms with van der Waals surface area (Å²) in [6.45, 7) is 0.207. The predicted molar refractivity (Wildman–Crippen MR) is 98.0 cm³/mol. The van der Waals surface area contributed by atoms with Crippen LogP contribution in [0.1, 0.15) is 5.56 Å². The molecule has 0 fully saturated rings. The number of ether oxygens (including phenoxy) is 2. The highest BCUT2D eigenvalue weighted by atomic mass is 16.6. The number of hydrogen-bond acceptors (Lipinski definition) is 6. The smallest absolute Gasteiger partial charge is 0.313 e. The second kappa shape index (κ2) is 9.18. The molecule has 9 heteroatoms. The van der Waals surface area contributed by atoms with Crippen LogP contribution < -0.4 is 20.1 Å². The van der Waals surface area contributed by atoms with Crippen molar-refractivity contribution in [1.82, 2.24) is 5.32 Å². The van der Waals surface area contributed by atoms with Gasteiger partial charge in [-0.15, -0.1) is 0 Å². The van der Waals surface area contributed by atoms with Gasteiger partial charge < -0.3 is 20.1 Å². The minimum Gasteiger partial charge on any atom is -0.493 e. The summed E-state index contributed by atoms with van der Waals surface area (Å²) in [5.74, 6) is -0.699. The van der Waals surface area contributed by atoms with Gasteiger partial charge in [-0.05, 0) is 30.2 Å². The van der Waals surface area contributed by atoms with Gasteiger partial charge in [-0.2, -0.15) is 0 Å². The number of anilines is 1. The molecule has 0 saturated carbocycles. The number of benzene rings is 2. The van der Waals surface area contributed by atoms with E-state index in [4.69, 9.17) is 9.47 Å². The van der Waals surface area contributed by atoms with Crippen molar-refractivity contribution in [2.45, 2.75) is 6.42 Å². The number of para-hydroxylation sites is 2. The Morgan fingerprint density at radius 3 is 2.41 bits per heavy atom. The van der Waals surface area contributed by atoms with Crippen LogP contribution in [-0.2, 0) is 16.0 Å². The summed E-state index contributed by atoms with van der Waals surface area (Å²) in [5, 5.41) is 15.7. The zero-order chi connectivity index (χ0) is 19.8. The molecule has 0 bridgehead atoms. The van der Waals surface area contributed by atoms with E-state index in [1.165, 1.54) is 38.5 Å². The fourth-order valence-corrected chi connectivity index (χ4v) is 2.35. The van der Waals surface area contributed by atoms with Crippen LogP contribution in [-0.4, -0.2) is 37.5 Å². The van der Waals surface area contributed by atoms with Crippen LogP contribution in [0.15, 0.2) is 42.5 Å². The van der Waals surface area contributed by atoms with Crippen LogP contribution in [0.2, 0.25) is 0 Å². The molecule has 0 aliphatic rings. The molecule has 0 heterocycles. The average Bonchev–Trinajstić information content (AvgIpc) is 2.67. The van der Waals surface area contributed by atoms with Crippen LogP contribution in [0, 0.1) is 10.1 Å². The number of nitrogens with one attached hydrogen (secondary N) is 2. The first-order valence-corrected chi connectivity index (χ1v) is 7.99. The van der Waals surface area contributed by atoms with Crippen molar-refractivity contribution >= 4 is 23.2 Å². The van der Waals surface area contributed by atoms with Crippen molar-refractivity contribution in [2.24, 2.45) is 0 Å². The van der Waals surface area contributed by atoms with Gasteiger partial charge in [0.25, 0.3) is 5.69 Å². The van der Waals surface area contributed by atoms with E-state index < -0.39 is 16.7 Å². The van der Waals surface area contributed by atoms with Crippen molar-refractivity contribution in [2.75, 3.05) is 26.1 Å². The lowest BCUT2D eigenvalue weighted by atomic mass is 10.1. The molecular weight excluding hydrogens is 354 g/mol. The van der Waals surface area contributed by atoms with E-state index in [1.54, 1.807) is 12.1 Å². The van der Waals surface area contributed by atoms with Crippen molar-refractivity contribution in [3.05, 3.63) is 58.1 Å². The van der Waals surface area contributed by atoms with Gasteiger partial charge in [0.15, 0.2) is 11.5 Å². The van der Waals surface area contributed by atoms with Gasteiger partial charge in [-0.3, -0.25) is 19.7 Å². The fourth-order valence-electron chi connectivity index (χ4n) is 2.35. The highest BCUT2D eigenvalue weighted by molar-refractivity contribution is 6.39. The molecule has 27 heavy (non-hydrogen) atoms. The molecule has 0 spiro atoms. The number of amides is 2. The lowest BCUT2D eigenvalue weighted by Crippen LogP contribution is -2.36. The number of carbonyl (C=O) groups excluding carboxylic acids is 2. The van der Waals surface area contributed by atoms with E-state index in [-0.39, 0.29) is 17.9 Å². The molecule has 9 nitrogen and oxygen atoms in total. The zero-order valence-corrected chi connectivity index (χ0v) is 14.9. The average molecular weight is 373 g/mol. The Morgan fingerprint density at radius 1 is 1.04 bits per heavy atom. The van der Waals surface area contributed by atoms with Gasteiger partial charge in [0.05, 0.1) is 19.1 Å². The minimum absolute atomic E-state index is 0.0393. The van der Waals surface area contributed by atoms with Gasteiger partial charge in [0, 0.05) is 12.6 Å². The van der Waals surface area contributed by atoms with Gasteiger partial charge in [0.2, 0.25) is 0 Å². The van der Waals surface area contributed by atoms with E-state index in [1.807, 2.05) is 6.07 Å². The van der Waals surface area contributed by atoms with Gasteiger partial charge in [-0.25, -0.2) is 0 Å². The van der Waals surface area contributed by atoms with Crippen molar-refractivity contribution in [3.8, 4) is 11.5 Å². The van der Waals surface area contributed by atoms with Crippen LogP contribution in [0.25, 0.3) is 0 Å². The second-order valence-electron chi connectivity index (χ2n) is 5.42. The zero-order valence-electron chi connectivity index (χ0n) is 14.9. The van der Waals surface area contributed by atoms with E-state index in [2.05, 4.69) is 10.6 Å². The van der Waals surface area contributed by atoms with E-state index in [0.717, 1.165) is 5.56 Å². The summed E-state index contributed by atoms with van der Waals surface area (Å²) in [7, 11) is 3.06. The largest absolute Gasteiger partial charge is 0.493 e. The number of nitro benzene ring substituents is 1. The second-order valence-corrected chi connectivity index (χ2v) is 5.42. The summed E-state index contributed by atoms with van der Waals surface area (Å²) >= 11 is 0. The Balaban J connectivity index is 1.91. The first-order chi connectivity index (χ1) is 13.0. The standard InChI is InChI=1S/C18H19N3O6/c1-26-15-8-7-12(11-16(15)27-2)9-10-19-17(22)18(23)20-13-5-3-4-6-14(13)21(24)25/h3-8,11H,9-10H2,1-2H3,(H,19,22)(H,20,23). The van der Waals surface area contributed by atoms with Crippen molar-refractivity contribution in [1.29, 1.82) is 0 Å². The number of hydrogen-bond donors (Lipinski definition) is 2. The quantitative estimate of drug-likeness (QED) is 0.435. The van der Waals surface area contributed by atoms with Gasteiger partial charge in [0.1, 0.15) is 5.69 Å². The summed E-state index contributed by atoms with van der Waals surface area (Å²) in [4.78, 5) is 34.1. The molecule has 0 radical (unpaired) electrons. The van der Waals surface area contributed by atoms with Crippen LogP contribution in [0.3, 0.4) is 0 Å². The monoisotopic (exact) mass is 373 g/mol. The molecule has 0 saturated heterocycles. The summed E-state index contributed by atoms with van der Waals surface area (Å²) in [6.07, 6.45) is 0.463. The maximum Gasteiger partial charge on any atom is 0.313 e. The third-order valence-electron chi connectivity index (χ3n) is 3.70. The van der Waals surface area contributed by atoms with E-state index >= 15 is 0 Å². The SMILES string of the molecule is COc1ccc(CCNC(=O)C(=O)Nc2ccccc2[N+](=O)[O-])cc1OC. The molecule has 0 atom stereocenters. The Hall–Kier alpha value is -3.62. The Morgan fingerprint density at radius 2 is 1.74 bits per heavy atom. The molecular formula is C18H19N3O6. The summed E-state index contributed by atoms with van der Waals surface area (Å²) in [5.41, 5.74) is 0.554. The van der Waals surface area contributed by atoms with Gasteiger partial charge >= 0.3 is 11.8 Å².